The Morgan fingerprint density at radius 3 is 2.58 bits per heavy atom. The number of aromatic carboxylic acids is 1. The number of carbonyl (C=O) groups is 1. The summed E-state index contributed by atoms with van der Waals surface area (Å²) in [5.74, 6) is -2.81. The molecule has 1 aliphatic heterocycles. The van der Waals surface area contributed by atoms with Gasteiger partial charge in [0.15, 0.2) is 5.75 Å². The van der Waals surface area contributed by atoms with Crippen LogP contribution in [0.3, 0.4) is 0 Å². The van der Waals surface area contributed by atoms with E-state index in [1.807, 2.05) is 4.90 Å². The van der Waals surface area contributed by atoms with Gasteiger partial charge in [-0.2, -0.15) is 22.0 Å². The summed E-state index contributed by atoms with van der Waals surface area (Å²) < 4.78 is 93.7. The van der Waals surface area contributed by atoms with Gasteiger partial charge in [-0.3, -0.25) is 4.90 Å². The molecule has 0 bridgehead atoms. The average molecular weight is 629 g/mol. The van der Waals surface area contributed by atoms with E-state index in [2.05, 4.69) is 14.7 Å². The number of carboxylic acids is 1. The maximum Gasteiger partial charge on any atom is 0.421 e. The molecular weight excluding hydrogens is 606 g/mol. The number of nitrogens with zero attached hydrogens (tertiary/aromatic N) is 4. The van der Waals surface area contributed by atoms with Gasteiger partial charge in [0.1, 0.15) is 29.3 Å². The number of aryl methyl sites for hydroxylation is 1. The summed E-state index contributed by atoms with van der Waals surface area (Å²) in [7, 11) is 1.58. The third kappa shape index (κ3) is 6.20. The molecule has 5 rings (SSSR count). The minimum absolute atomic E-state index is 0.00480. The first-order valence-electron chi connectivity index (χ1n) is 12.8. The SMILES string of the molecule is C[C@H]1c2nc(OCc3ccc(Cl)cc3F)c(C(F)(F)F)cc2CCN1Cc1nc2c(OC(F)F)cc(C(=O)O)cc2n1C. The lowest BCUT2D eigenvalue weighted by atomic mass is 9.97. The van der Waals surface area contributed by atoms with Crippen LogP contribution in [0.5, 0.6) is 11.6 Å². The number of benzene rings is 2. The Morgan fingerprint density at radius 1 is 1.19 bits per heavy atom. The molecule has 15 heteroatoms. The minimum atomic E-state index is -4.78. The van der Waals surface area contributed by atoms with Crippen LogP contribution in [-0.4, -0.2) is 43.7 Å². The molecule has 0 amide bonds. The van der Waals surface area contributed by atoms with Crippen LogP contribution in [0.1, 0.15) is 51.5 Å². The van der Waals surface area contributed by atoms with Crippen LogP contribution in [0, 0.1) is 5.82 Å². The van der Waals surface area contributed by atoms with E-state index >= 15 is 0 Å². The lowest BCUT2D eigenvalue weighted by molar-refractivity contribution is -0.139. The number of ether oxygens (including phenoxy) is 2. The minimum Gasteiger partial charge on any atom is -0.478 e. The summed E-state index contributed by atoms with van der Waals surface area (Å²) in [6.07, 6.45) is -4.58. The lowest BCUT2D eigenvalue weighted by Crippen LogP contribution is -2.35. The van der Waals surface area contributed by atoms with E-state index in [9.17, 15) is 36.2 Å². The Labute approximate surface area is 245 Å². The Balaban J connectivity index is 1.46. The summed E-state index contributed by atoms with van der Waals surface area (Å²) in [5, 5.41) is 9.54. The predicted octanol–water partition coefficient (Wildman–Crippen LogP) is 6.78. The number of halogens is 7. The van der Waals surface area contributed by atoms with Crippen LogP contribution in [0.15, 0.2) is 36.4 Å². The highest BCUT2D eigenvalue weighted by atomic mass is 35.5. The van der Waals surface area contributed by atoms with Crippen LogP contribution in [-0.2, 0) is 32.8 Å². The fraction of sp³-hybridized carbons (Fsp3) is 0.321. The van der Waals surface area contributed by atoms with E-state index in [-0.39, 0.29) is 40.1 Å². The van der Waals surface area contributed by atoms with Crippen molar-refractivity contribution in [2.24, 2.45) is 7.05 Å². The van der Waals surface area contributed by atoms with E-state index in [1.165, 1.54) is 22.8 Å². The molecule has 1 aliphatic rings. The Hall–Kier alpha value is -4.04. The Bertz CT molecular complexity index is 1710. The van der Waals surface area contributed by atoms with Crippen LogP contribution >= 0.6 is 11.6 Å². The number of alkyl halides is 5. The van der Waals surface area contributed by atoms with Gasteiger partial charge in [0.05, 0.1) is 29.4 Å². The lowest BCUT2D eigenvalue weighted by Gasteiger charge is -2.34. The highest BCUT2D eigenvalue weighted by Crippen LogP contribution is 2.40. The number of aromatic nitrogens is 3. The van der Waals surface area contributed by atoms with Crippen molar-refractivity contribution in [2.45, 2.75) is 45.3 Å². The molecule has 0 spiro atoms. The molecular formula is C28H23ClF6N4O4. The topological polar surface area (TPSA) is 89.7 Å². The molecule has 1 N–H and O–H groups in total. The molecule has 0 aliphatic carbocycles. The van der Waals surface area contributed by atoms with Gasteiger partial charge in [0, 0.05) is 24.2 Å². The molecule has 0 saturated carbocycles. The highest BCUT2D eigenvalue weighted by Gasteiger charge is 2.38. The van der Waals surface area contributed by atoms with Gasteiger partial charge in [0.25, 0.3) is 0 Å². The highest BCUT2D eigenvalue weighted by molar-refractivity contribution is 6.30. The zero-order chi connectivity index (χ0) is 31.2. The van der Waals surface area contributed by atoms with Gasteiger partial charge >= 0.3 is 18.8 Å². The second-order valence-electron chi connectivity index (χ2n) is 9.92. The zero-order valence-corrected chi connectivity index (χ0v) is 23.3. The number of carboxylic acid groups (broad SMARTS) is 1. The van der Waals surface area contributed by atoms with E-state index < -0.39 is 54.4 Å². The third-order valence-electron chi connectivity index (χ3n) is 7.25. The van der Waals surface area contributed by atoms with E-state index in [4.69, 9.17) is 16.3 Å². The summed E-state index contributed by atoms with van der Waals surface area (Å²) in [6.45, 7) is -1.56. The monoisotopic (exact) mass is 628 g/mol. The standard InChI is InChI=1S/C28H23ClF6N4O4/c1-13-23-14(7-18(28(33,34)35)25(37-23)42-12-15-3-4-17(29)10-19(15)30)5-6-39(13)11-22-36-24-20(38(22)2)8-16(26(40)41)9-21(24)43-27(31)32/h3-4,7-10,13,27H,5-6,11-12H2,1-2H3,(H,40,41)/t13-/m0/s1. The van der Waals surface area contributed by atoms with Crippen molar-refractivity contribution >= 4 is 28.6 Å². The van der Waals surface area contributed by atoms with E-state index in [1.54, 1.807) is 14.0 Å². The fourth-order valence-corrected chi connectivity index (χ4v) is 5.15. The van der Waals surface area contributed by atoms with Crippen LogP contribution in [0.4, 0.5) is 26.3 Å². The van der Waals surface area contributed by atoms with Crippen LogP contribution in [0.25, 0.3) is 11.0 Å². The maximum absolute atomic E-state index is 14.2. The number of rotatable bonds is 8. The van der Waals surface area contributed by atoms with Crippen molar-refractivity contribution in [1.29, 1.82) is 0 Å². The molecule has 0 fully saturated rings. The Kier molecular flexibility index (Phi) is 8.18. The van der Waals surface area contributed by atoms with Gasteiger partial charge in [-0.1, -0.05) is 17.7 Å². The van der Waals surface area contributed by atoms with Crippen molar-refractivity contribution in [3.8, 4) is 11.6 Å². The van der Waals surface area contributed by atoms with Gasteiger partial charge in [0.2, 0.25) is 5.88 Å². The quantitative estimate of drug-likeness (QED) is 0.215. The molecule has 43 heavy (non-hydrogen) atoms. The van der Waals surface area contributed by atoms with Crippen LogP contribution < -0.4 is 9.47 Å². The second-order valence-corrected chi connectivity index (χ2v) is 10.4. The van der Waals surface area contributed by atoms with Gasteiger partial charge in [-0.15, -0.1) is 0 Å². The van der Waals surface area contributed by atoms with Crippen LogP contribution in [0.2, 0.25) is 5.02 Å². The van der Waals surface area contributed by atoms with E-state index in [0.29, 0.717) is 23.6 Å². The first kappa shape index (κ1) is 30.4. The van der Waals surface area contributed by atoms with Crippen molar-refractivity contribution in [3.05, 3.63) is 81.0 Å². The average Bonchev–Trinajstić information content (AvgIpc) is 3.24. The smallest absolute Gasteiger partial charge is 0.421 e. The molecule has 0 unspecified atom stereocenters. The predicted molar refractivity (Wildman–Crippen MR) is 142 cm³/mol. The molecule has 2 aromatic carbocycles. The first-order valence-corrected chi connectivity index (χ1v) is 13.2. The molecule has 8 nitrogen and oxygen atoms in total. The van der Waals surface area contributed by atoms with Gasteiger partial charge in [-0.05, 0) is 49.2 Å². The summed E-state index contributed by atoms with van der Waals surface area (Å²) in [4.78, 5) is 22.1. The number of hydrogen-bond acceptors (Lipinski definition) is 6. The molecule has 2 aromatic heterocycles. The number of fused-ring (bicyclic) bond motifs is 2. The summed E-state index contributed by atoms with van der Waals surface area (Å²) in [5.41, 5.74) is -0.398. The fourth-order valence-electron chi connectivity index (χ4n) is 4.99. The molecule has 4 aromatic rings. The number of pyridine rings is 1. The molecule has 0 radical (unpaired) electrons. The van der Waals surface area contributed by atoms with Gasteiger partial charge < -0.3 is 19.1 Å². The number of hydrogen-bond donors (Lipinski definition) is 1. The summed E-state index contributed by atoms with van der Waals surface area (Å²) in [6, 6.07) is 6.42. The Morgan fingerprint density at radius 2 is 1.93 bits per heavy atom. The van der Waals surface area contributed by atoms with Crippen molar-refractivity contribution in [1.82, 2.24) is 19.4 Å². The molecule has 0 saturated heterocycles. The normalized spacial score (nSPS) is 15.6. The molecule has 228 valence electrons. The molecule has 1 atom stereocenters. The van der Waals surface area contributed by atoms with Gasteiger partial charge in [-0.25, -0.2) is 19.2 Å². The molecule has 3 heterocycles. The van der Waals surface area contributed by atoms with E-state index in [0.717, 1.165) is 18.2 Å². The van der Waals surface area contributed by atoms with Crippen molar-refractivity contribution in [2.75, 3.05) is 6.54 Å². The third-order valence-corrected chi connectivity index (χ3v) is 7.48. The summed E-state index contributed by atoms with van der Waals surface area (Å²) >= 11 is 5.75. The second kappa shape index (κ2) is 11.6. The van der Waals surface area contributed by atoms with Crippen molar-refractivity contribution < 1.29 is 45.7 Å². The van der Waals surface area contributed by atoms with Crippen molar-refractivity contribution in [3.63, 3.8) is 0 Å². The first-order chi connectivity index (χ1) is 20.2. The zero-order valence-electron chi connectivity index (χ0n) is 22.6. The number of imidazole rings is 1. The largest absolute Gasteiger partial charge is 0.478 e. The maximum atomic E-state index is 14.2.